The molecule has 2 heteroatoms. The fourth-order valence-electron chi connectivity index (χ4n) is 7.96. The highest BCUT2D eigenvalue weighted by molar-refractivity contribution is 6.10. The van der Waals surface area contributed by atoms with Gasteiger partial charge in [0, 0.05) is 21.8 Å². The van der Waals surface area contributed by atoms with Gasteiger partial charge in [0.1, 0.15) is 0 Å². The van der Waals surface area contributed by atoms with E-state index >= 15 is 0 Å². The molecule has 0 bridgehead atoms. The largest absolute Gasteiger partial charge is 0.308 e. The Morgan fingerprint density at radius 2 is 0.865 bits per heavy atom. The van der Waals surface area contributed by atoms with Crippen LogP contribution in [0.1, 0.15) is 0 Å². The minimum Gasteiger partial charge on any atom is -0.308 e. The highest BCUT2D eigenvalue weighted by Gasteiger charge is 2.23. The molecule has 0 atom stereocenters. The summed E-state index contributed by atoms with van der Waals surface area (Å²) in [6.45, 7) is 0. The maximum absolute atomic E-state index is 2.45. The summed E-state index contributed by atoms with van der Waals surface area (Å²) in [5.74, 6) is 0. The lowest BCUT2D eigenvalue weighted by Gasteiger charge is -2.30. The van der Waals surface area contributed by atoms with Gasteiger partial charge in [-0.3, -0.25) is 0 Å². The predicted molar refractivity (Wildman–Crippen MR) is 221 cm³/mol. The van der Waals surface area contributed by atoms with Crippen LogP contribution < -0.4 is 4.90 Å². The van der Waals surface area contributed by atoms with E-state index in [0.29, 0.717) is 0 Å². The van der Waals surface area contributed by atoms with E-state index in [1.54, 1.807) is 0 Å². The molecular weight excluding hydrogens is 629 g/mol. The van der Waals surface area contributed by atoms with E-state index in [1.165, 1.54) is 65.6 Å². The number of benzene rings is 9. The lowest BCUT2D eigenvalue weighted by molar-refractivity contribution is 1.15. The summed E-state index contributed by atoms with van der Waals surface area (Å²) >= 11 is 0. The second-order valence-corrected chi connectivity index (χ2v) is 13.3. The zero-order valence-electron chi connectivity index (χ0n) is 28.5. The van der Waals surface area contributed by atoms with E-state index < -0.39 is 0 Å². The van der Waals surface area contributed by atoms with Crippen LogP contribution in [0.3, 0.4) is 0 Å². The smallest absolute Gasteiger partial charge is 0.0709 e. The molecule has 0 saturated heterocycles. The summed E-state index contributed by atoms with van der Waals surface area (Å²) in [6, 6.07) is 74.8. The number of hydrogen-bond acceptors (Lipinski definition) is 1. The standard InChI is InChI=1S/C50H34N2/c1-2-14-35(15-3-1)39-30-33-49(50(34-39)52-47-25-10-8-22-44(47)45-23-9-11-26-48(45)52)51(46-27-13-19-37-17-5-7-21-43(37)46)40-31-28-38(29-32-40)42-24-12-18-36-16-4-6-20-41(36)42/h1-34H. The monoisotopic (exact) mass is 662 g/mol. The first-order chi connectivity index (χ1) is 25.8. The van der Waals surface area contributed by atoms with E-state index in [2.05, 4.69) is 216 Å². The van der Waals surface area contributed by atoms with Crippen molar-refractivity contribution in [1.29, 1.82) is 0 Å². The molecule has 1 heterocycles. The average Bonchev–Trinajstić information content (AvgIpc) is 3.56. The minimum absolute atomic E-state index is 1.09. The molecule has 2 nitrogen and oxygen atoms in total. The van der Waals surface area contributed by atoms with Crippen molar-refractivity contribution in [2.75, 3.05) is 4.90 Å². The molecule has 10 rings (SSSR count). The third-order valence-electron chi connectivity index (χ3n) is 10.4. The number of nitrogens with zero attached hydrogens (tertiary/aromatic N) is 2. The first-order valence-corrected chi connectivity index (χ1v) is 17.9. The molecule has 0 radical (unpaired) electrons. The summed E-state index contributed by atoms with van der Waals surface area (Å²) < 4.78 is 2.45. The van der Waals surface area contributed by atoms with Gasteiger partial charge in [0.25, 0.3) is 0 Å². The van der Waals surface area contributed by atoms with Crippen LogP contribution in [-0.4, -0.2) is 4.57 Å². The molecule has 10 aromatic rings. The third kappa shape index (κ3) is 4.96. The molecule has 244 valence electrons. The average molecular weight is 663 g/mol. The summed E-state index contributed by atoms with van der Waals surface area (Å²) in [7, 11) is 0. The van der Waals surface area contributed by atoms with Gasteiger partial charge >= 0.3 is 0 Å². The molecule has 0 spiro atoms. The van der Waals surface area contributed by atoms with Gasteiger partial charge < -0.3 is 9.47 Å². The Labute approximate surface area is 303 Å². The van der Waals surface area contributed by atoms with E-state index in [-0.39, 0.29) is 0 Å². The van der Waals surface area contributed by atoms with Crippen LogP contribution >= 0.6 is 0 Å². The summed E-state index contributed by atoms with van der Waals surface area (Å²) in [5.41, 5.74) is 11.6. The van der Waals surface area contributed by atoms with Gasteiger partial charge in [-0.2, -0.15) is 0 Å². The van der Waals surface area contributed by atoms with Crippen LogP contribution in [0.4, 0.5) is 17.1 Å². The minimum atomic E-state index is 1.09. The van der Waals surface area contributed by atoms with Gasteiger partial charge in [-0.25, -0.2) is 0 Å². The van der Waals surface area contributed by atoms with Gasteiger partial charge in [-0.05, 0) is 80.9 Å². The number of fused-ring (bicyclic) bond motifs is 5. The van der Waals surface area contributed by atoms with Crippen molar-refractivity contribution < 1.29 is 0 Å². The van der Waals surface area contributed by atoms with Crippen LogP contribution in [0.2, 0.25) is 0 Å². The fraction of sp³-hybridized carbons (Fsp3) is 0. The highest BCUT2D eigenvalue weighted by Crippen LogP contribution is 2.45. The Morgan fingerprint density at radius 1 is 0.327 bits per heavy atom. The Balaban J connectivity index is 1.26. The van der Waals surface area contributed by atoms with Crippen LogP contribution in [0, 0.1) is 0 Å². The Morgan fingerprint density at radius 3 is 1.58 bits per heavy atom. The number of hydrogen-bond donors (Lipinski definition) is 0. The van der Waals surface area contributed by atoms with Crippen molar-refractivity contribution in [3.05, 3.63) is 206 Å². The van der Waals surface area contributed by atoms with E-state index in [1.807, 2.05) is 0 Å². The summed E-state index contributed by atoms with van der Waals surface area (Å²) in [6.07, 6.45) is 0. The zero-order chi connectivity index (χ0) is 34.4. The maximum atomic E-state index is 2.45. The molecule has 0 amide bonds. The predicted octanol–water partition coefficient (Wildman–Crippen LogP) is 13.9. The second kappa shape index (κ2) is 12.5. The van der Waals surface area contributed by atoms with Gasteiger partial charge in [-0.15, -0.1) is 0 Å². The fourth-order valence-corrected chi connectivity index (χ4v) is 7.96. The normalized spacial score (nSPS) is 11.5. The third-order valence-corrected chi connectivity index (χ3v) is 10.4. The topological polar surface area (TPSA) is 8.17 Å². The molecule has 9 aromatic carbocycles. The van der Waals surface area contributed by atoms with E-state index in [4.69, 9.17) is 0 Å². The SMILES string of the molecule is c1ccc(-c2ccc(N(c3ccc(-c4cccc5ccccc45)cc3)c3cccc4ccccc34)c(-n3c4ccccc4c4ccccc43)c2)cc1. The lowest BCUT2D eigenvalue weighted by Crippen LogP contribution is -2.14. The summed E-state index contributed by atoms with van der Waals surface area (Å²) in [4.78, 5) is 2.45. The van der Waals surface area contributed by atoms with Crippen molar-refractivity contribution in [3.8, 4) is 27.9 Å². The molecule has 0 aliphatic heterocycles. The Hall–Kier alpha value is -6.90. The molecule has 0 aliphatic carbocycles. The summed E-state index contributed by atoms with van der Waals surface area (Å²) in [5, 5.41) is 7.39. The van der Waals surface area contributed by atoms with Gasteiger partial charge in [0.05, 0.1) is 28.1 Å². The van der Waals surface area contributed by atoms with Crippen LogP contribution in [-0.2, 0) is 0 Å². The van der Waals surface area contributed by atoms with Crippen molar-refractivity contribution in [2.45, 2.75) is 0 Å². The number of aromatic nitrogens is 1. The van der Waals surface area contributed by atoms with Crippen molar-refractivity contribution in [3.63, 3.8) is 0 Å². The van der Waals surface area contributed by atoms with Crippen LogP contribution in [0.5, 0.6) is 0 Å². The molecule has 52 heavy (non-hydrogen) atoms. The van der Waals surface area contributed by atoms with Gasteiger partial charge in [0.2, 0.25) is 0 Å². The molecule has 0 saturated carbocycles. The molecule has 1 aromatic heterocycles. The molecule has 0 N–H and O–H groups in total. The first kappa shape index (κ1) is 30.0. The number of rotatable bonds is 6. The van der Waals surface area contributed by atoms with Crippen molar-refractivity contribution >= 4 is 60.4 Å². The lowest BCUT2D eigenvalue weighted by atomic mass is 9.97. The van der Waals surface area contributed by atoms with Crippen molar-refractivity contribution in [1.82, 2.24) is 4.57 Å². The van der Waals surface area contributed by atoms with Crippen LogP contribution in [0.25, 0.3) is 71.3 Å². The quantitative estimate of drug-likeness (QED) is 0.172. The molecule has 0 fully saturated rings. The zero-order valence-corrected chi connectivity index (χ0v) is 28.5. The number of anilines is 3. The molecule has 0 unspecified atom stereocenters. The molecule has 0 aliphatic rings. The maximum Gasteiger partial charge on any atom is 0.0709 e. The first-order valence-electron chi connectivity index (χ1n) is 17.9. The number of para-hydroxylation sites is 2. The van der Waals surface area contributed by atoms with Gasteiger partial charge in [-0.1, -0.05) is 164 Å². The highest BCUT2D eigenvalue weighted by atomic mass is 15.2. The Bertz CT molecular complexity index is 2840. The van der Waals surface area contributed by atoms with Crippen molar-refractivity contribution in [2.24, 2.45) is 0 Å². The second-order valence-electron chi connectivity index (χ2n) is 13.3. The van der Waals surface area contributed by atoms with Crippen LogP contribution in [0.15, 0.2) is 206 Å². The molecular formula is C50H34N2. The van der Waals surface area contributed by atoms with E-state index in [9.17, 15) is 0 Å². The van der Waals surface area contributed by atoms with Gasteiger partial charge in [0.15, 0.2) is 0 Å². The Kier molecular flexibility index (Phi) is 7.18. The van der Waals surface area contributed by atoms with E-state index in [0.717, 1.165) is 22.7 Å².